The van der Waals surface area contributed by atoms with Gasteiger partial charge in [-0.2, -0.15) is 10.2 Å². The van der Waals surface area contributed by atoms with Gasteiger partial charge in [-0.1, -0.05) is 0 Å². The van der Waals surface area contributed by atoms with Crippen molar-refractivity contribution in [2.75, 3.05) is 5.06 Å². The van der Waals surface area contributed by atoms with Crippen LogP contribution in [0.25, 0.3) is 11.0 Å². The largest absolute Gasteiger partial charge is 0.438 e. The first-order valence-electron chi connectivity index (χ1n) is 6.87. The van der Waals surface area contributed by atoms with E-state index < -0.39 is 11.9 Å². The first-order chi connectivity index (χ1) is 11.1. The van der Waals surface area contributed by atoms with Crippen LogP contribution in [0, 0.1) is 0 Å². The number of anilines is 1. The van der Waals surface area contributed by atoms with Crippen LogP contribution in [0.3, 0.4) is 0 Å². The van der Waals surface area contributed by atoms with E-state index in [1.54, 1.807) is 24.4 Å². The zero-order chi connectivity index (χ0) is 16.0. The number of hydroxylamine groups is 1. The highest BCUT2D eigenvalue weighted by Crippen LogP contribution is 2.32. The molecule has 4 N–H and O–H groups in total. The van der Waals surface area contributed by atoms with Crippen molar-refractivity contribution in [3.63, 3.8) is 0 Å². The van der Waals surface area contributed by atoms with Crippen LogP contribution < -0.4 is 15.5 Å². The third kappa shape index (κ3) is 2.18. The van der Waals surface area contributed by atoms with Crippen molar-refractivity contribution in [1.29, 1.82) is 0 Å². The fourth-order valence-electron chi connectivity index (χ4n) is 2.53. The molecule has 3 aromatic rings. The van der Waals surface area contributed by atoms with Gasteiger partial charge in [0.2, 0.25) is 5.88 Å². The number of carbonyl (C=O) groups excluding carboxylic acids is 1. The summed E-state index contributed by atoms with van der Waals surface area (Å²) < 4.78 is 5.78. The monoisotopic (exact) mass is 312 g/mol. The van der Waals surface area contributed by atoms with Gasteiger partial charge in [0.1, 0.15) is 17.5 Å². The molecule has 1 aliphatic rings. The minimum atomic E-state index is -0.776. The average Bonchev–Trinajstić information content (AvgIpc) is 3.02. The number of amides is 1. The predicted octanol–water partition coefficient (Wildman–Crippen LogP) is 0.751. The fraction of sp³-hybridized carbons (Fsp3) is 0.143. The lowest BCUT2D eigenvalue weighted by Crippen LogP contribution is -2.47. The number of nitrogens with zero attached hydrogens (tertiary/aromatic N) is 4. The van der Waals surface area contributed by atoms with Gasteiger partial charge in [0.25, 0.3) is 5.91 Å². The highest BCUT2D eigenvalue weighted by molar-refractivity contribution is 5.98. The second-order valence-electron chi connectivity index (χ2n) is 5.16. The van der Waals surface area contributed by atoms with Gasteiger partial charge < -0.3 is 10.5 Å². The molecule has 0 saturated heterocycles. The van der Waals surface area contributed by atoms with Gasteiger partial charge in [0.05, 0.1) is 17.9 Å². The van der Waals surface area contributed by atoms with Crippen LogP contribution in [-0.4, -0.2) is 37.3 Å². The maximum absolute atomic E-state index is 11.7. The summed E-state index contributed by atoms with van der Waals surface area (Å²) in [6, 6.07) is 4.18. The van der Waals surface area contributed by atoms with Gasteiger partial charge >= 0.3 is 0 Å². The number of aromatic amines is 1. The summed E-state index contributed by atoms with van der Waals surface area (Å²) in [4.78, 5) is 19.8. The van der Waals surface area contributed by atoms with E-state index in [9.17, 15) is 10.0 Å². The van der Waals surface area contributed by atoms with E-state index in [0.29, 0.717) is 39.8 Å². The summed E-state index contributed by atoms with van der Waals surface area (Å²) in [7, 11) is 0. The number of H-pyrrole nitrogens is 1. The normalized spacial score (nSPS) is 17.4. The molecule has 0 bridgehead atoms. The van der Waals surface area contributed by atoms with Crippen LogP contribution in [0.2, 0.25) is 0 Å². The van der Waals surface area contributed by atoms with Crippen molar-refractivity contribution in [1.82, 2.24) is 20.2 Å². The number of hydrogen-bond donors (Lipinski definition) is 3. The molecule has 2 aromatic heterocycles. The number of carbonyl (C=O) groups is 1. The Balaban J connectivity index is 1.70. The van der Waals surface area contributed by atoms with Gasteiger partial charge in [0.15, 0.2) is 5.65 Å². The summed E-state index contributed by atoms with van der Waals surface area (Å²) in [6.45, 7) is 0. The molecule has 9 heteroatoms. The number of fused-ring (bicyclic) bond motifs is 2. The molecule has 1 aromatic carbocycles. The Labute approximate surface area is 129 Å². The van der Waals surface area contributed by atoms with Crippen molar-refractivity contribution >= 4 is 22.6 Å². The summed E-state index contributed by atoms with van der Waals surface area (Å²) in [5, 5.41) is 17.7. The minimum Gasteiger partial charge on any atom is -0.438 e. The third-order valence-corrected chi connectivity index (χ3v) is 3.67. The number of rotatable bonds is 2. The van der Waals surface area contributed by atoms with E-state index in [1.165, 1.54) is 6.33 Å². The number of ether oxygens (including phenoxy) is 1. The SMILES string of the molecule is NC1Cc2cc(Oc3ncnc4[nH]ncc34)ccc2N(O)C1=O. The Bertz CT molecular complexity index is 908. The van der Waals surface area contributed by atoms with Crippen LogP contribution >= 0.6 is 0 Å². The number of hydrogen-bond acceptors (Lipinski definition) is 7. The Morgan fingerprint density at radius 1 is 1.39 bits per heavy atom. The molecular formula is C14H12N6O3. The summed E-state index contributed by atoms with van der Waals surface area (Å²) in [6.07, 6.45) is 3.28. The molecule has 1 aliphatic heterocycles. The van der Waals surface area contributed by atoms with Gasteiger partial charge in [0, 0.05) is 0 Å². The lowest BCUT2D eigenvalue weighted by molar-refractivity contribution is -0.125. The highest BCUT2D eigenvalue weighted by atomic mass is 16.5. The first-order valence-corrected chi connectivity index (χ1v) is 6.87. The van der Waals surface area contributed by atoms with Gasteiger partial charge in [-0.25, -0.2) is 9.97 Å². The Morgan fingerprint density at radius 2 is 2.26 bits per heavy atom. The van der Waals surface area contributed by atoms with Gasteiger partial charge in [-0.05, 0) is 30.2 Å². The molecule has 0 spiro atoms. The maximum Gasteiger partial charge on any atom is 0.267 e. The Hall–Kier alpha value is -3.04. The van der Waals surface area contributed by atoms with Crippen LogP contribution in [-0.2, 0) is 11.2 Å². The zero-order valence-corrected chi connectivity index (χ0v) is 11.8. The standard InChI is InChI=1S/C14H12N6O3/c15-10-4-7-3-8(1-2-11(7)20(22)14(10)21)23-13-9-5-18-19-12(9)16-6-17-13/h1-3,5-6,10,22H,4,15H2,(H,16,17,18,19). The van der Waals surface area contributed by atoms with Crippen molar-refractivity contribution in [2.24, 2.45) is 5.73 Å². The topological polar surface area (TPSA) is 130 Å². The smallest absolute Gasteiger partial charge is 0.267 e. The summed E-state index contributed by atoms with van der Waals surface area (Å²) in [5.41, 5.74) is 7.41. The maximum atomic E-state index is 11.7. The predicted molar refractivity (Wildman–Crippen MR) is 79.2 cm³/mol. The molecule has 0 aliphatic carbocycles. The van der Waals surface area contributed by atoms with E-state index >= 15 is 0 Å². The quantitative estimate of drug-likeness (QED) is 0.595. The lowest BCUT2D eigenvalue weighted by atomic mass is 9.99. The van der Waals surface area contributed by atoms with E-state index in [1.807, 2.05) is 0 Å². The van der Waals surface area contributed by atoms with Crippen LogP contribution in [0.1, 0.15) is 5.56 Å². The highest BCUT2D eigenvalue weighted by Gasteiger charge is 2.30. The Morgan fingerprint density at radius 3 is 3.13 bits per heavy atom. The number of nitrogens with one attached hydrogen (secondary N) is 1. The van der Waals surface area contributed by atoms with Crippen LogP contribution in [0.5, 0.6) is 11.6 Å². The van der Waals surface area contributed by atoms with Crippen LogP contribution in [0.4, 0.5) is 5.69 Å². The molecule has 3 heterocycles. The van der Waals surface area contributed by atoms with E-state index in [-0.39, 0.29) is 0 Å². The van der Waals surface area contributed by atoms with Gasteiger partial charge in [-0.15, -0.1) is 0 Å². The molecule has 23 heavy (non-hydrogen) atoms. The molecular weight excluding hydrogens is 300 g/mol. The third-order valence-electron chi connectivity index (χ3n) is 3.67. The van der Waals surface area contributed by atoms with E-state index in [2.05, 4.69) is 20.2 Å². The Kier molecular flexibility index (Phi) is 2.96. The number of benzene rings is 1. The molecule has 4 rings (SSSR count). The number of nitrogens with two attached hydrogens (primary N) is 1. The summed E-state index contributed by atoms with van der Waals surface area (Å²) >= 11 is 0. The average molecular weight is 312 g/mol. The van der Waals surface area contributed by atoms with Gasteiger partial charge in [-0.3, -0.25) is 15.1 Å². The first kappa shape index (κ1) is 13.6. The second kappa shape index (κ2) is 5.00. The second-order valence-corrected chi connectivity index (χ2v) is 5.16. The molecule has 1 unspecified atom stereocenters. The van der Waals surface area contributed by atoms with Crippen LogP contribution in [0.15, 0.2) is 30.7 Å². The van der Waals surface area contributed by atoms with E-state index in [0.717, 1.165) is 5.56 Å². The van der Waals surface area contributed by atoms with E-state index in [4.69, 9.17) is 10.5 Å². The molecule has 1 amide bonds. The zero-order valence-electron chi connectivity index (χ0n) is 11.8. The van der Waals surface area contributed by atoms with Crippen molar-refractivity contribution in [3.8, 4) is 11.6 Å². The van der Waals surface area contributed by atoms with Crippen molar-refractivity contribution in [2.45, 2.75) is 12.5 Å². The molecule has 1 atom stereocenters. The van der Waals surface area contributed by atoms with Crippen molar-refractivity contribution in [3.05, 3.63) is 36.3 Å². The summed E-state index contributed by atoms with van der Waals surface area (Å²) in [5.74, 6) is 0.350. The molecule has 9 nitrogen and oxygen atoms in total. The number of aromatic nitrogens is 4. The molecule has 0 saturated carbocycles. The molecule has 0 radical (unpaired) electrons. The lowest BCUT2D eigenvalue weighted by Gasteiger charge is -2.27. The van der Waals surface area contributed by atoms with Crippen molar-refractivity contribution < 1.29 is 14.7 Å². The minimum absolute atomic E-state index is 0.327. The molecule has 116 valence electrons. The molecule has 0 fully saturated rings. The fourth-order valence-corrected chi connectivity index (χ4v) is 2.53.